The standard InChI is InChI=1S/C21H27N3O/c1-7-21(5,6)15-12-14(20(2,3)4)13-18(19(15)25)24-22-16-10-8-9-11-17(16)23-24/h8-13,25H,7H2,1-6H3. The van der Waals surface area contributed by atoms with Crippen molar-refractivity contribution in [1.29, 1.82) is 0 Å². The molecule has 3 aromatic rings. The van der Waals surface area contributed by atoms with Gasteiger partial charge in [0.1, 0.15) is 22.5 Å². The molecule has 132 valence electrons. The third kappa shape index (κ3) is 3.13. The molecule has 25 heavy (non-hydrogen) atoms. The lowest BCUT2D eigenvalue weighted by molar-refractivity contribution is 0.421. The molecule has 0 aliphatic heterocycles. The van der Waals surface area contributed by atoms with Crippen LogP contribution < -0.4 is 0 Å². The van der Waals surface area contributed by atoms with E-state index in [1.807, 2.05) is 30.3 Å². The van der Waals surface area contributed by atoms with Crippen molar-refractivity contribution < 1.29 is 5.11 Å². The van der Waals surface area contributed by atoms with Gasteiger partial charge < -0.3 is 5.11 Å². The highest BCUT2D eigenvalue weighted by Crippen LogP contribution is 2.40. The van der Waals surface area contributed by atoms with Crippen LogP contribution in [0.5, 0.6) is 5.75 Å². The predicted molar refractivity (Wildman–Crippen MR) is 103 cm³/mol. The zero-order valence-electron chi connectivity index (χ0n) is 16.0. The van der Waals surface area contributed by atoms with Crippen molar-refractivity contribution >= 4 is 11.0 Å². The van der Waals surface area contributed by atoms with Crippen LogP contribution in [0.3, 0.4) is 0 Å². The zero-order valence-corrected chi connectivity index (χ0v) is 16.0. The Bertz CT molecular complexity index is 884. The second-order valence-electron chi connectivity index (χ2n) is 8.36. The van der Waals surface area contributed by atoms with Crippen LogP contribution >= 0.6 is 0 Å². The molecule has 0 saturated carbocycles. The lowest BCUT2D eigenvalue weighted by Crippen LogP contribution is -2.20. The maximum Gasteiger partial charge on any atom is 0.146 e. The minimum atomic E-state index is -0.132. The van der Waals surface area contributed by atoms with Crippen molar-refractivity contribution in [3.63, 3.8) is 0 Å². The molecule has 0 aliphatic rings. The number of hydrogen-bond acceptors (Lipinski definition) is 3. The van der Waals surface area contributed by atoms with Crippen molar-refractivity contribution in [2.45, 2.75) is 58.8 Å². The lowest BCUT2D eigenvalue weighted by atomic mass is 9.77. The molecule has 1 aromatic heterocycles. The van der Waals surface area contributed by atoms with Gasteiger partial charge in [-0.1, -0.05) is 59.7 Å². The molecule has 4 heteroatoms. The van der Waals surface area contributed by atoms with Gasteiger partial charge in [0.05, 0.1) is 0 Å². The number of phenols is 1. The first-order valence-electron chi connectivity index (χ1n) is 8.84. The first-order valence-corrected chi connectivity index (χ1v) is 8.84. The van der Waals surface area contributed by atoms with Crippen molar-refractivity contribution in [3.8, 4) is 11.4 Å². The van der Waals surface area contributed by atoms with Gasteiger partial charge in [0, 0.05) is 5.56 Å². The minimum Gasteiger partial charge on any atom is -0.505 e. The molecule has 0 unspecified atom stereocenters. The average molecular weight is 337 g/mol. The number of aromatic nitrogens is 3. The zero-order chi connectivity index (χ0) is 18.4. The third-order valence-electron chi connectivity index (χ3n) is 5.07. The molecule has 2 aromatic carbocycles. The number of phenolic OH excluding ortho intramolecular Hbond substituents is 1. The van der Waals surface area contributed by atoms with Crippen LogP contribution in [0.4, 0.5) is 0 Å². The second-order valence-corrected chi connectivity index (χ2v) is 8.36. The second kappa shape index (κ2) is 5.87. The number of rotatable bonds is 3. The van der Waals surface area contributed by atoms with Crippen LogP contribution in [0.25, 0.3) is 16.7 Å². The van der Waals surface area contributed by atoms with E-state index in [1.54, 1.807) is 4.80 Å². The Labute approximate surface area is 149 Å². The van der Waals surface area contributed by atoms with Gasteiger partial charge >= 0.3 is 0 Å². The number of aromatic hydroxyl groups is 1. The smallest absolute Gasteiger partial charge is 0.146 e. The van der Waals surface area contributed by atoms with Gasteiger partial charge in [-0.25, -0.2) is 0 Å². The number of benzene rings is 2. The summed E-state index contributed by atoms with van der Waals surface area (Å²) in [4.78, 5) is 1.56. The van der Waals surface area contributed by atoms with Gasteiger partial charge in [-0.3, -0.25) is 0 Å². The first-order chi connectivity index (χ1) is 11.6. The fourth-order valence-electron chi connectivity index (χ4n) is 2.88. The summed E-state index contributed by atoms with van der Waals surface area (Å²) < 4.78 is 0. The Morgan fingerprint density at radius 1 is 0.960 bits per heavy atom. The highest BCUT2D eigenvalue weighted by molar-refractivity contribution is 5.73. The largest absolute Gasteiger partial charge is 0.505 e. The molecular weight excluding hydrogens is 310 g/mol. The van der Waals surface area contributed by atoms with E-state index in [0.29, 0.717) is 5.69 Å². The predicted octanol–water partition coefficient (Wildman–Crippen LogP) is 5.11. The molecular formula is C21H27N3O. The highest BCUT2D eigenvalue weighted by Gasteiger charge is 2.28. The average Bonchev–Trinajstić information content (AvgIpc) is 2.97. The Kier molecular flexibility index (Phi) is 4.10. The maximum absolute atomic E-state index is 11.0. The molecule has 0 bridgehead atoms. The minimum absolute atomic E-state index is 0.0341. The van der Waals surface area contributed by atoms with Crippen LogP contribution in [-0.4, -0.2) is 20.1 Å². The van der Waals surface area contributed by atoms with Crippen molar-refractivity contribution in [2.75, 3.05) is 0 Å². The van der Waals surface area contributed by atoms with Crippen molar-refractivity contribution in [3.05, 3.63) is 47.5 Å². The molecule has 0 spiro atoms. The SMILES string of the molecule is CCC(C)(C)c1cc(C(C)(C)C)cc(-n2nc3ccccc3n2)c1O. The normalized spacial score (nSPS) is 12.7. The molecule has 0 fully saturated rings. The number of hydrogen-bond donors (Lipinski definition) is 1. The monoisotopic (exact) mass is 337 g/mol. The molecule has 3 rings (SSSR count). The molecule has 0 atom stereocenters. The molecule has 4 nitrogen and oxygen atoms in total. The van der Waals surface area contributed by atoms with Crippen molar-refractivity contribution in [1.82, 2.24) is 15.0 Å². The highest BCUT2D eigenvalue weighted by atomic mass is 16.3. The number of fused-ring (bicyclic) bond motifs is 1. The Balaban J connectivity index is 2.29. The third-order valence-corrected chi connectivity index (χ3v) is 5.07. The van der Waals surface area contributed by atoms with Crippen LogP contribution in [0.2, 0.25) is 0 Å². The van der Waals surface area contributed by atoms with Gasteiger partial charge in [0.2, 0.25) is 0 Å². The molecule has 1 heterocycles. The molecule has 0 amide bonds. The van der Waals surface area contributed by atoms with Crippen molar-refractivity contribution in [2.24, 2.45) is 0 Å². The van der Waals surface area contributed by atoms with Crippen LogP contribution in [-0.2, 0) is 10.8 Å². The van der Waals surface area contributed by atoms with Crippen LogP contribution in [0, 0.1) is 0 Å². The van der Waals surface area contributed by atoms with Gasteiger partial charge in [-0.05, 0) is 41.0 Å². The first kappa shape index (κ1) is 17.5. The van der Waals surface area contributed by atoms with E-state index in [4.69, 9.17) is 0 Å². The fraction of sp³-hybridized carbons (Fsp3) is 0.429. The lowest BCUT2D eigenvalue weighted by Gasteiger charge is -2.29. The topological polar surface area (TPSA) is 50.9 Å². The summed E-state index contributed by atoms with van der Waals surface area (Å²) in [5, 5.41) is 20.1. The van der Waals surface area contributed by atoms with E-state index in [-0.39, 0.29) is 16.6 Å². The van der Waals surface area contributed by atoms with Crippen LogP contribution in [0.1, 0.15) is 59.1 Å². The van der Waals surface area contributed by atoms with Gasteiger partial charge in [0.15, 0.2) is 0 Å². The van der Waals surface area contributed by atoms with E-state index < -0.39 is 0 Å². The van der Waals surface area contributed by atoms with Gasteiger partial charge in [-0.15, -0.1) is 15.0 Å². The van der Waals surface area contributed by atoms with E-state index in [2.05, 4.69) is 57.8 Å². The summed E-state index contributed by atoms with van der Waals surface area (Å²) in [7, 11) is 0. The number of nitrogens with zero attached hydrogens (tertiary/aromatic N) is 3. The van der Waals surface area contributed by atoms with E-state index >= 15 is 0 Å². The van der Waals surface area contributed by atoms with E-state index in [1.165, 1.54) is 0 Å². The Morgan fingerprint density at radius 2 is 1.52 bits per heavy atom. The molecule has 1 N–H and O–H groups in total. The van der Waals surface area contributed by atoms with E-state index in [0.717, 1.165) is 28.6 Å². The Morgan fingerprint density at radius 3 is 2.00 bits per heavy atom. The summed E-state index contributed by atoms with van der Waals surface area (Å²) in [5.41, 5.74) is 4.22. The summed E-state index contributed by atoms with van der Waals surface area (Å²) >= 11 is 0. The summed E-state index contributed by atoms with van der Waals surface area (Å²) in [6.45, 7) is 13.0. The maximum atomic E-state index is 11.0. The van der Waals surface area contributed by atoms with Crippen LogP contribution in [0.15, 0.2) is 36.4 Å². The molecule has 0 radical (unpaired) electrons. The Hall–Kier alpha value is -2.36. The quantitative estimate of drug-likeness (QED) is 0.722. The van der Waals surface area contributed by atoms with Gasteiger partial charge in [-0.2, -0.15) is 0 Å². The summed E-state index contributed by atoms with van der Waals surface area (Å²) in [6.07, 6.45) is 0.933. The van der Waals surface area contributed by atoms with Gasteiger partial charge in [0.25, 0.3) is 0 Å². The van der Waals surface area contributed by atoms with E-state index in [9.17, 15) is 5.11 Å². The molecule has 0 saturated heterocycles. The molecule has 0 aliphatic carbocycles. The summed E-state index contributed by atoms with van der Waals surface area (Å²) in [5.74, 6) is 0.264. The fourth-order valence-corrected chi connectivity index (χ4v) is 2.88. The summed E-state index contributed by atoms with van der Waals surface area (Å²) in [6, 6.07) is 11.9.